The van der Waals surface area contributed by atoms with E-state index in [0.29, 0.717) is 5.56 Å². The van der Waals surface area contributed by atoms with Crippen LogP contribution in [0.5, 0.6) is 0 Å². The van der Waals surface area contributed by atoms with Crippen molar-refractivity contribution in [3.63, 3.8) is 0 Å². The molecule has 0 bridgehead atoms. The molecule has 0 aliphatic carbocycles. The van der Waals surface area contributed by atoms with Gasteiger partial charge in [0, 0.05) is 0 Å². The number of methoxy groups -OCH3 is 1. The van der Waals surface area contributed by atoms with Gasteiger partial charge in [0.15, 0.2) is 0 Å². The first-order chi connectivity index (χ1) is 10.2. The molecule has 0 fully saturated rings. The lowest BCUT2D eigenvalue weighted by atomic mass is 10.1. The van der Waals surface area contributed by atoms with Crippen LogP contribution < -0.4 is 0 Å². The first-order valence-electron chi connectivity index (χ1n) is 6.56. The Hall–Kier alpha value is -2.62. The summed E-state index contributed by atoms with van der Waals surface area (Å²) in [6, 6.07) is 16.2. The number of carbonyl (C=O) groups excluding carboxylic acids is 2. The number of hydrogen-bond acceptors (Lipinski definition) is 4. The molecule has 0 N–H and O–H groups in total. The van der Waals surface area contributed by atoms with Crippen LogP contribution in [0.3, 0.4) is 0 Å². The van der Waals surface area contributed by atoms with E-state index >= 15 is 0 Å². The van der Waals surface area contributed by atoms with Crippen molar-refractivity contribution in [3.05, 3.63) is 71.3 Å². The summed E-state index contributed by atoms with van der Waals surface area (Å²) in [6.45, 7) is 0.246. The van der Waals surface area contributed by atoms with E-state index in [2.05, 4.69) is 4.74 Å². The van der Waals surface area contributed by atoms with E-state index in [1.807, 2.05) is 30.3 Å². The normalized spacial score (nSPS) is 9.95. The summed E-state index contributed by atoms with van der Waals surface area (Å²) >= 11 is 0. The number of hydrogen-bond donors (Lipinski definition) is 0. The van der Waals surface area contributed by atoms with Crippen LogP contribution in [0.4, 0.5) is 0 Å². The van der Waals surface area contributed by atoms with Gasteiger partial charge in [-0.05, 0) is 23.3 Å². The minimum absolute atomic E-state index is 0.123. The molecule has 21 heavy (non-hydrogen) atoms. The Labute approximate surface area is 123 Å². The Morgan fingerprint density at radius 1 is 0.952 bits per heavy atom. The van der Waals surface area contributed by atoms with Crippen molar-refractivity contribution >= 4 is 11.9 Å². The van der Waals surface area contributed by atoms with Gasteiger partial charge in [0.05, 0.1) is 19.1 Å². The molecule has 0 unspecified atom stereocenters. The zero-order chi connectivity index (χ0) is 15.1. The van der Waals surface area contributed by atoms with Gasteiger partial charge < -0.3 is 9.47 Å². The van der Waals surface area contributed by atoms with Crippen molar-refractivity contribution < 1.29 is 19.1 Å². The van der Waals surface area contributed by atoms with E-state index in [4.69, 9.17) is 4.74 Å². The Morgan fingerprint density at radius 3 is 2.38 bits per heavy atom. The van der Waals surface area contributed by atoms with Gasteiger partial charge in [0.25, 0.3) is 0 Å². The fourth-order valence-electron chi connectivity index (χ4n) is 1.88. The highest BCUT2D eigenvalue weighted by molar-refractivity contribution is 5.89. The van der Waals surface area contributed by atoms with Crippen molar-refractivity contribution in [3.8, 4) is 0 Å². The van der Waals surface area contributed by atoms with Crippen LogP contribution in [0.15, 0.2) is 54.6 Å². The number of esters is 2. The van der Waals surface area contributed by atoms with Gasteiger partial charge >= 0.3 is 11.9 Å². The van der Waals surface area contributed by atoms with E-state index in [1.54, 1.807) is 24.3 Å². The predicted molar refractivity (Wildman–Crippen MR) is 77.7 cm³/mol. The van der Waals surface area contributed by atoms with E-state index in [-0.39, 0.29) is 19.0 Å². The van der Waals surface area contributed by atoms with Crippen molar-refractivity contribution in [2.75, 3.05) is 7.11 Å². The van der Waals surface area contributed by atoms with Crippen LogP contribution in [-0.4, -0.2) is 19.0 Å². The number of rotatable bonds is 5. The SMILES string of the molecule is COC(=O)c1cccc(CC(=O)OCc2ccccc2)c1. The second-order valence-electron chi connectivity index (χ2n) is 4.52. The van der Waals surface area contributed by atoms with Crippen LogP contribution in [0.2, 0.25) is 0 Å². The fraction of sp³-hybridized carbons (Fsp3) is 0.176. The molecule has 4 heteroatoms. The lowest BCUT2D eigenvalue weighted by Crippen LogP contribution is -2.09. The molecule has 0 heterocycles. The molecule has 0 saturated carbocycles. The van der Waals surface area contributed by atoms with Crippen LogP contribution in [0, 0.1) is 0 Å². The zero-order valence-corrected chi connectivity index (χ0v) is 11.7. The Kier molecular flexibility index (Phi) is 5.10. The largest absolute Gasteiger partial charge is 0.465 e. The molecular formula is C17H16O4. The van der Waals surface area contributed by atoms with Gasteiger partial charge in [-0.25, -0.2) is 4.79 Å². The maximum Gasteiger partial charge on any atom is 0.337 e. The van der Waals surface area contributed by atoms with Crippen molar-refractivity contribution in [2.24, 2.45) is 0 Å². The second-order valence-corrected chi connectivity index (χ2v) is 4.52. The molecule has 2 rings (SSSR count). The van der Waals surface area contributed by atoms with Crippen molar-refractivity contribution in [1.82, 2.24) is 0 Å². The minimum Gasteiger partial charge on any atom is -0.465 e. The molecular weight excluding hydrogens is 268 g/mol. The minimum atomic E-state index is -0.422. The van der Waals surface area contributed by atoms with Crippen LogP contribution in [0.25, 0.3) is 0 Å². The summed E-state index contributed by atoms with van der Waals surface area (Å²) in [5, 5.41) is 0. The number of carbonyl (C=O) groups is 2. The van der Waals surface area contributed by atoms with Crippen molar-refractivity contribution in [1.29, 1.82) is 0 Å². The first kappa shape index (κ1) is 14.8. The van der Waals surface area contributed by atoms with Gasteiger partial charge in [-0.3, -0.25) is 4.79 Å². The Morgan fingerprint density at radius 2 is 1.67 bits per heavy atom. The van der Waals surface area contributed by atoms with E-state index < -0.39 is 5.97 Å². The third kappa shape index (κ3) is 4.45. The van der Waals surface area contributed by atoms with Gasteiger partial charge in [-0.2, -0.15) is 0 Å². The molecule has 0 aromatic heterocycles. The van der Waals surface area contributed by atoms with Gasteiger partial charge in [-0.1, -0.05) is 42.5 Å². The average Bonchev–Trinajstić information content (AvgIpc) is 2.53. The molecule has 0 atom stereocenters. The van der Waals surface area contributed by atoms with Crippen molar-refractivity contribution in [2.45, 2.75) is 13.0 Å². The molecule has 2 aromatic carbocycles. The number of ether oxygens (including phenoxy) is 2. The maximum atomic E-state index is 11.8. The molecule has 0 aliphatic rings. The van der Waals surface area contributed by atoms with Crippen LogP contribution in [0.1, 0.15) is 21.5 Å². The third-order valence-corrected chi connectivity index (χ3v) is 2.94. The smallest absolute Gasteiger partial charge is 0.337 e. The maximum absolute atomic E-state index is 11.8. The topological polar surface area (TPSA) is 52.6 Å². The summed E-state index contributed by atoms with van der Waals surface area (Å²) in [7, 11) is 1.32. The quantitative estimate of drug-likeness (QED) is 0.792. The Balaban J connectivity index is 1.92. The summed E-state index contributed by atoms with van der Waals surface area (Å²) in [4.78, 5) is 23.2. The molecule has 0 radical (unpaired) electrons. The highest BCUT2D eigenvalue weighted by Crippen LogP contribution is 2.09. The van der Waals surface area contributed by atoms with Crippen LogP contribution in [-0.2, 0) is 27.3 Å². The first-order valence-corrected chi connectivity index (χ1v) is 6.56. The third-order valence-electron chi connectivity index (χ3n) is 2.94. The lowest BCUT2D eigenvalue weighted by Gasteiger charge is -2.06. The summed E-state index contributed by atoms with van der Waals surface area (Å²) in [5.41, 5.74) is 2.08. The average molecular weight is 284 g/mol. The van der Waals surface area contributed by atoms with E-state index in [1.165, 1.54) is 7.11 Å². The highest BCUT2D eigenvalue weighted by Gasteiger charge is 2.09. The number of benzene rings is 2. The molecule has 108 valence electrons. The van der Waals surface area contributed by atoms with E-state index in [0.717, 1.165) is 11.1 Å². The predicted octanol–water partition coefficient (Wildman–Crippen LogP) is 2.76. The van der Waals surface area contributed by atoms with E-state index in [9.17, 15) is 9.59 Å². The fourth-order valence-corrected chi connectivity index (χ4v) is 1.88. The van der Waals surface area contributed by atoms with Gasteiger partial charge in [0.1, 0.15) is 6.61 Å². The second kappa shape index (κ2) is 7.24. The molecule has 0 amide bonds. The molecule has 0 spiro atoms. The summed E-state index contributed by atoms with van der Waals surface area (Å²) < 4.78 is 9.85. The van der Waals surface area contributed by atoms with Gasteiger partial charge in [-0.15, -0.1) is 0 Å². The summed E-state index contributed by atoms with van der Waals surface area (Å²) in [5.74, 6) is -0.754. The molecule has 4 nitrogen and oxygen atoms in total. The molecule has 0 aliphatic heterocycles. The monoisotopic (exact) mass is 284 g/mol. The summed E-state index contributed by atoms with van der Waals surface area (Å²) in [6.07, 6.45) is 0.123. The molecule has 2 aromatic rings. The molecule has 0 saturated heterocycles. The zero-order valence-electron chi connectivity index (χ0n) is 11.7. The van der Waals surface area contributed by atoms with Crippen LogP contribution >= 0.6 is 0 Å². The van der Waals surface area contributed by atoms with Gasteiger partial charge in [0.2, 0.25) is 0 Å². The Bertz CT molecular complexity index is 620. The standard InChI is InChI=1S/C17H16O4/c1-20-17(19)15-9-5-8-14(10-15)11-16(18)21-12-13-6-3-2-4-7-13/h2-10H,11-12H2,1H3. The highest BCUT2D eigenvalue weighted by atomic mass is 16.5. The lowest BCUT2D eigenvalue weighted by molar-refractivity contribution is -0.144.